The molecule has 5 rings (SSSR count). The van der Waals surface area contributed by atoms with Crippen molar-refractivity contribution in [2.45, 2.75) is 32.0 Å². The van der Waals surface area contributed by atoms with E-state index in [1.165, 1.54) is 0 Å². The fourth-order valence-corrected chi connectivity index (χ4v) is 5.27. The summed E-state index contributed by atoms with van der Waals surface area (Å²) in [7, 11) is 0. The summed E-state index contributed by atoms with van der Waals surface area (Å²) in [5.74, 6) is 0.816. The smallest absolute Gasteiger partial charge is 0.174 e. The summed E-state index contributed by atoms with van der Waals surface area (Å²) in [6.45, 7) is 4.02. The van der Waals surface area contributed by atoms with E-state index in [1.54, 1.807) is 12.3 Å². The Morgan fingerprint density at radius 3 is 2.49 bits per heavy atom. The van der Waals surface area contributed by atoms with Crippen LogP contribution in [0, 0.1) is 0 Å². The fourth-order valence-electron chi connectivity index (χ4n) is 4.42. The molecule has 0 spiro atoms. The van der Waals surface area contributed by atoms with Gasteiger partial charge in [0.05, 0.1) is 28.5 Å². The molecule has 178 valence electrons. The van der Waals surface area contributed by atoms with Gasteiger partial charge in [-0.15, -0.1) is 0 Å². The van der Waals surface area contributed by atoms with Gasteiger partial charge in [0.15, 0.2) is 5.11 Å². The molecule has 3 heterocycles. The molecule has 1 N–H and O–H groups in total. The number of halogens is 2. The molecule has 1 aliphatic rings. The number of aromatic nitrogens is 2. The van der Waals surface area contributed by atoms with Crippen LogP contribution in [0.1, 0.15) is 37.3 Å². The van der Waals surface area contributed by atoms with E-state index in [4.69, 9.17) is 40.2 Å². The highest BCUT2D eigenvalue weighted by atomic mass is 35.5. The number of nitrogens with zero attached hydrogens (tertiary/aromatic N) is 3. The number of hydrogen-bond donors (Lipinski definition) is 1. The largest absolute Gasteiger partial charge is 0.491 e. The van der Waals surface area contributed by atoms with Gasteiger partial charge in [-0.05, 0) is 92.8 Å². The maximum absolute atomic E-state index is 6.61. The molecule has 8 heteroatoms. The molecular weight excluding hydrogens is 499 g/mol. The molecule has 1 fully saturated rings. The van der Waals surface area contributed by atoms with Crippen molar-refractivity contribution < 1.29 is 4.74 Å². The van der Waals surface area contributed by atoms with Crippen LogP contribution in [-0.4, -0.2) is 20.8 Å². The minimum absolute atomic E-state index is 0.101. The fraction of sp³-hybridized carbons (Fsp3) is 0.185. The number of rotatable bonds is 6. The molecule has 2 atom stereocenters. The van der Waals surface area contributed by atoms with Crippen LogP contribution < -0.4 is 15.0 Å². The third kappa shape index (κ3) is 4.74. The summed E-state index contributed by atoms with van der Waals surface area (Å²) in [6.07, 6.45) is 3.90. The number of thiocarbonyl (C=S) groups is 1. The first-order valence-electron chi connectivity index (χ1n) is 11.3. The molecule has 5 nitrogen and oxygen atoms in total. The lowest BCUT2D eigenvalue weighted by Crippen LogP contribution is -2.30. The SMILES string of the molecule is CC(C)Oc1ccc(N2C(=S)N[C@@H](c3ccccn3)[C@@H]2c2cccn2-c2ccc(Cl)cc2Cl)cc1. The van der Waals surface area contributed by atoms with Gasteiger partial charge in [0.2, 0.25) is 0 Å². The Hall–Kier alpha value is -3.06. The van der Waals surface area contributed by atoms with Gasteiger partial charge in [-0.3, -0.25) is 4.98 Å². The maximum Gasteiger partial charge on any atom is 0.174 e. The standard InChI is InChI=1S/C27H24Cl2N4OS/c1-17(2)34-20-11-9-19(10-12-20)33-26(25(31-27(33)35)22-6-3-4-14-30-22)24-7-5-15-32(24)23-13-8-18(28)16-21(23)29/h3-17,25-26H,1-2H3,(H,31,35)/t25-,26-/m0/s1. The summed E-state index contributed by atoms with van der Waals surface area (Å²) in [5.41, 5.74) is 3.71. The predicted octanol–water partition coefficient (Wildman–Crippen LogP) is 7.14. The summed E-state index contributed by atoms with van der Waals surface area (Å²) in [6, 6.07) is 23.2. The van der Waals surface area contributed by atoms with Gasteiger partial charge < -0.3 is 19.5 Å². The summed E-state index contributed by atoms with van der Waals surface area (Å²) in [4.78, 5) is 6.77. The monoisotopic (exact) mass is 522 g/mol. The molecule has 1 aliphatic heterocycles. The first-order valence-corrected chi connectivity index (χ1v) is 12.5. The second kappa shape index (κ2) is 9.90. The van der Waals surface area contributed by atoms with Crippen LogP contribution >= 0.6 is 35.4 Å². The van der Waals surface area contributed by atoms with Crippen LogP contribution in [0.15, 0.2) is 85.2 Å². The van der Waals surface area contributed by atoms with Crippen molar-refractivity contribution in [3.8, 4) is 11.4 Å². The maximum atomic E-state index is 6.61. The molecular formula is C27H24Cl2N4OS. The highest BCUT2D eigenvalue weighted by molar-refractivity contribution is 7.80. The Bertz CT molecular complexity index is 1340. The highest BCUT2D eigenvalue weighted by Gasteiger charge is 2.42. The molecule has 0 radical (unpaired) electrons. The average Bonchev–Trinajstić information content (AvgIpc) is 3.44. The molecule has 1 saturated heterocycles. The second-order valence-electron chi connectivity index (χ2n) is 8.56. The number of ether oxygens (including phenoxy) is 1. The van der Waals surface area contributed by atoms with E-state index in [0.717, 1.165) is 28.5 Å². The molecule has 0 bridgehead atoms. The topological polar surface area (TPSA) is 42.3 Å². The van der Waals surface area contributed by atoms with Gasteiger partial charge in [0.1, 0.15) is 11.8 Å². The number of hydrogen-bond acceptors (Lipinski definition) is 3. The lowest BCUT2D eigenvalue weighted by molar-refractivity contribution is 0.242. The van der Waals surface area contributed by atoms with Gasteiger partial charge in [0.25, 0.3) is 0 Å². The zero-order chi connectivity index (χ0) is 24.5. The number of pyridine rings is 1. The third-order valence-corrected chi connectivity index (χ3v) is 6.69. The number of nitrogens with one attached hydrogen (secondary N) is 1. The summed E-state index contributed by atoms with van der Waals surface area (Å²) < 4.78 is 7.92. The van der Waals surface area contributed by atoms with Crippen molar-refractivity contribution in [3.63, 3.8) is 0 Å². The van der Waals surface area contributed by atoms with Crippen LogP contribution in [0.5, 0.6) is 5.75 Å². The van der Waals surface area contributed by atoms with Crippen molar-refractivity contribution in [2.24, 2.45) is 0 Å². The van der Waals surface area contributed by atoms with Crippen molar-refractivity contribution in [1.29, 1.82) is 0 Å². The zero-order valence-electron chi connectivity index (χ0n) is 19.2. The molecule has 0 aliphatic carbocycles. The van der Waals surface area contributed by atoms with Gasteiger partial charge in [-0.2, -0.15) is 0 Å². The average molecular weight is 523 g/mol. The van der Waals surface area contributed by atoms with Gasteiger partial charge in [-0.25, -0.2) is 0 Å². The molecule has 0 unspecified atom stereocenters. The zero-order valence-corrected chi connectivity index (χ0v) is 21.6. The van der Waals surface area contributed by atoms with Gasteiger partial charge in [-0.1, -0.05) is 29.3 Å². The van der Waals surface area contributed by atoms with Gasteiger partial charge in [0, 0.05) is 28.8 Å². The van der Waals surface area contributed by atoms with E-state index in [-0.39, 0.29) is 18.2 Å². The van der Waals surface area contributed by atoms with Gasteiger partial charge >= 0.3 is 0 Å². The molecule has 35 heavy (non-hydrogen) atoms. The van der Waals surface area contributed by atoms with E-state index in [1.807, 2.05) is 80.7 Å². The Morgan fingerprint density at radius 2 is 1.80 bits per heavy atom. The van der Waals surface area contributed by atoms with E-state index in [2.05, 4.69) is 25.8 Å². The Kier molecular flexibility index (Phi) is 6.69. The molecule has 4 aromatic rings. The van der Waals surface area contributed by atoms with E-state index in [9.17, 15) is 0 Å². The van der Waals surface area contributed by atoms with E-state index in [0.29, 0.717) is 15.2 Å². The molecule has 0 amide bonds. The Morgan fingerprint density at radius 1 is 1.00 bits per heavy atom. The second-order valence-corrected chi connectivity index (χ2v) is 9.79. The molecule has 2 aromatic heterocycles. The van der Waals surface area contributed by atoms with Crippen molar-refractivity contribution >= 4 is 46.2 Å². The van der Waals surface area contributed by atoms with Crippen LogP contribution in [0.25, 0.3) is 5.69 Å². The minimum atomic E-state index is -0.184. The highest BCUT2D eigenvalue weighted by Crippen LogP contribution is 2.43. The third-order valence-electron chi connectivity index (χ3n) is 5.84. The van der Waals surface area contributed by atoms with Crippen LogP contribution in [0.3, 0.4) is 0 Å². The number of anilines is 1. The quantitative estimate of drug-likeness (QED) is 0.272. The Balaban J connectivity index is 1.62. The van der Waals surface area contributed by atoms with Crippen LogP contribution in [0.2, 0.25) is 10.0 Å². The summed E-state index contributed by atoms with van der Waals surface area (Å²) in [5, 5.41) is 5.29. The minimum Gasteiger partial charge on any atom is -0.491 e. The molecule has 2 aromatic carbocycles. The van der Waals surface area contributed by atoms with E-state index >= 15 is 0 Å². The first-order chi connectivity index (χ1) is 16.9. The van der Waals surface area contributed by atoms with Crippen LogP contribution in [0.4, 0.5) is 5.69 Å². The normalized spacial score (nSPS) is 17.6. The Labute approximate surface area is 220 Å². The lowest BCUT2D eigenvalue weighted by atomic mass is 10.0. The van der Waals surface area contributed by atoms with Crippen LogP contribution in [-0.2, 0) is 0 Å². The lowest BCUT2D eigenvalue weighted by Gasteiger charge is -2.29. The van der Waals surface area contributed by atoms with Crippen molar-refractivity contribution in [2.75, 3.05) is 4.90 Å². The summed E-state index contributed by atoms with van der Waals surface area (Å²) >= 11 is 18.6. The first kappa shape index (κ1) is 23.7. The number of benzene rings is 2. The predicted molar refractivity (Wildman–Crippen MR) is 146 cm³/mol. The molecule has 0 saturated carbocycles. The van der Waals surface area contributed by atoms with Crippen molar-refractivity contribution in [1.82, 2.24) is 14.9 Å². The van der Waals surface area contributed by atoms with Crippen molar-refractivity contribution in [3.05, 3.63) is 107 Å². The van der Waals surface area contributed by atoms with E-state index < -0.39 is 0 Å².